The number of hydrogen-bond donors (Lipinski definition) is 4. The molecule has 0 unspecified atom stereocenters. The molecule has 0 saturated carbocycles. The van der Waals surface area contributed by atoms with E-state index in [0.717, 1.165) is 0 Å². The van der Waals surface area contributed by atoms with Crippen molar-refractivity contribution in [1.29, 1.82) is 0 Å². The number of imidazole rings is 1. The summed E-state index contributed by atoms with van der Waals surface area (Å²) in [6.45, 7) is -0.463. The van der Waals surface area contributed by atoms with Gasteiger partial charge in [0.15, 0.2) is 17.4 Å². The molecule has 136 valence electrons. The minimum absolute atomic E-state index is 0.0851. The number of aromatic nitrogens is 4. The fourth-order valence-electron chi connectivity index (χ4n) is 2.53. The number of anilines is 1. The molecule has 1 saturated heterocycles. The van der Waals surface area contributed by atoms with Gasteiger partial charge in [-0.2, -0.15) is 9.97 Å². The first-order chi connectivity index (χ1) is 12.0. The van der Waals surface area contributed by atoms with Crippen LogP contribution in [0.5, 0.6) is 5.88 Å². The van der Waals surface area contributed by atoms with Crippen LogP contribution in [0, 0.1) is 0 Å². The van der Waals surface area contributed by atoms with Crippen LogP contribution >= 0.6 is 0 Å². The SMILES string of the molecule is COC(=O)Nc1nc(OC)c2ncn([C@@H]3O[C@H](CO)[C@@H](O)[C@H]3O)c2n1. The van der Waals surface area contributed by atoms with Gasteiger partial charge in [-0.1, -0.05) is 0 Å². The summed E-state index contributed by atoms with van der Waals surface area (Å²) in [5, 5.41) is 31.6. The lowest BCUT2D eigenvalue weighted by Gasteiger charge is -2.16. The lowest BCUT2D eigenvalue weighted by Crippen LogP contribution is -2.33. The molecule has 4 N–H and O–H groups in total. The molecule has 4 atom stereocenters. The van der Waals surface area contributed by atoms with E-state index in [1.165, 1.54) is 25.1 Å². The molecule has 0 aromatic carbocycles. The summed E-state index contributed by atoms with van der Waals surface area (Å²) in [5.41, 5.74) is 0.448. The number of nitrogens with zero attached hydrogens (tertiary/aromatic N) is 4. The minimum atomic E-state index is -1.31. The normalized spacial score (nSPS) is 26.0. The highest BCUT2D eigenvalue weighted by Crippen LogP contribution is 2.33. The van der Waals surface area contributed by atoms with Crippen LogP contribution in [0.3, 0.4) is 0 Å². The molecule has 2 aromatic heterocycles. The Balaban J connectivity index is 2.04. The summed E-state index contributed by atoms with van der Waals surface area (Å²) in [6.07, 6.45) is -4.03. The van der Waals surface area contributed by atoms with E-state index in [4.69, 9.17) is 9.47 Å². The highest BCUT2D eigenvalue weighted by molar-refractivity contribution is 5.85. The first kappa shape index (κ1) is 17.3. The molecule has 0 aliphatic carbocycles. The molecule has 3 rings (SSSR count). The van der Waals surface area contributed by atoms with Crippen molar-refractivity contribution >= 4 is 23.2 Å². The summed E-state index contributed by atoms with van der Waals surface area (Å²) in [4.78, 5) is 23.6. The maximum absolute atomic E-state index is 11.4. The van der Waals surface area contributed by atoms with Crippen molar-refractivity contribution in [3.63, 3.8) is 0 Å². The third kappa shape index (κ3) is 2.95. The molecule has 3 heterocycles. The van der Waals surface area contributed by atoms with Gasteiger partial charge in [0.05, 0.1) is 27.2 Å². The Bertz CT molecular complexity index is 781. The molecule has 1 aliphatic heterocycles. The maximum atomic E-state index is 11.4. The number of aliphatic hydroxyl groups is 3. The zero-order chi connectivity index (χ0) is 18.1. The highest BCUT2D eigenvalue weighted by Gasteiger charge is 2.44. The van der Waals surface area contributed by atoms with Crippen molar-refractivity contribution in [2.75, 3.05) is 26.1 Å². The first-order valence-corrected chi connectivity index (χ1v) is 7.26. The minimum Gasteiger partial charge on any atom is -0.479 e. The molecule has 0 bridgehead atoms. The van der Waals surface area contributed by atoms with Gasteiger partial charge < -0.3 is 29.5 Å². The van der Waals surface area contributed by atoms with Crippen LogP contribution in [-0.2, 0) is 9.47 Å². The molecular formula is C13H17N5O7. The number of hydrogen-bond acceptors (Lipinski definition) is 10. The predicted octanol–water partition coefficient (Wildman–Crippen LogP) is -1.38. The molecule has 1 fully saturated rings. The summed E-state index contributed by atoms with van der Waals surface area (Å²) in [7, 11) is 2.56. The van der Waals surface area contributed by atoms with Gasteiger partial charge in [-0.05, 0) is 0 Å². The second kappa shape index (κ2) is 6.76. The number of nitrogens with one attached hydrogen (secondary N) is 1. The van der Waals surface area contributed by atoms with Gasteiger partial charge in [-0.25, -0.2) is 9.78 Å². The monoisotopic (exact) mass is 355 g/mol. The second-order valence-corrected chi connectivity index (χ2v) is 5.23. The Hall–Kier alpha value is -2.54. The van der Waals surface area contributed by atoms with E-state index in [9.17, 15) is 20.1 Å². The van der Waals surface area contributed by atoms with Crippen molar-refractivity contribution in [1.82, 2.24) is 19.5 Å². The average molecular weight is 355 g/mol. The van der Waals surface area contributed by atoms with Crippen molar-refractivity contribution in [3.05, 3.63) is 6.33 Å². The number of fused-ring (bicyclic) bond motifs is 1. The van der Waals surface area contributed by atoms with E-state index in [1.807, 2.05) is 0 Å². The number of carbonyl (C=O) groups is 1. The van der Waals surface area contributed by atoms with Crippen LogP contribution < -0.4 is 10.1 Å². The predicted molar refractivity (Wildman–Crippen MR) is 80.9 cm³/mol. The number of carbonyl (C=O) groups excluding carboxylic acids is 1. The Morgan fingerprint density at radius 1 is 1.36 bits per heavy atom. The maximum Gasteiger partial charge on any atom is 0.413 e. The Morgan fingerprint density at radius 3 is 2.72 bits per heavy atom. The fraction of sp³-hybridized carbons (Fsp3) is 0.538. The quantitative estimate of drug-likeness (QED) is 0.514. The molecule has 12 nitrogen and oxygen atoms in total. The highest BCUT2D eigenvalue weighted by atomic mass is 16.6. The molecule has 12 heteroatoms. The van der Waals surface area contributed by atoms with Gasteiger partial charge in [0.2, 0.25) is 11.8 Å². The molecule has 0 spiro atoms. The van der Waals surface area contributed by atoms with Crippen molar-refractivity contribution in [2.45, 2.75) is 24.5 Å². The number of rotatable bonds is 4. The van der Waals surface area contributed by atoms with Gasteiger partial charge in [0.1, 0.15) is 18.3 Å². The van der Waals surface area contributed by atoms with Gasteiger partial charge >= 0.3 is 6.09 Å². The number of methoxy groups -OCH3 is 2. The van der Waals surface area contributed by atoms with Gasteiger partial charge in [-0.15, -0.1) is 0 Å². The summed E-state index contributed by atoms with van der Waals surface area (Å²) >= 11 is 0. The summed E-state index contributed by atoms with van der Waals surface area (Å²) in [5.74, 6) is -0.0217. The van der Waals surface area contributed by atoms with E-state index in [-0.39, 0.29) is 23.0 Å². The van der Waals surface area contributed by atoms with Crippen molar-refractivity contribution in [2.24, 2.45) is 0 Å². The first-order valence-electron chi connectivity index (χ1n) is 7.26. The van der Waals surface area contributed by atoms with Crippen LogP contribution in [0.4, 0.5) is 10.7 Å². The lowest BCUT2D eigenvalue weighted by molar-refractivity contribution is -0.0511. The molecular weight excluding hydrogens is 338 g/mol. The number of aliphatic hydroxyl groups excluding tert-OH is 3. The van der Waals surface area contributed by atoms with Crippen molar-refractivity contribution < 1.29 is 34.3 Å². The van der Waals surface area contributed by atoms with Crippen LogP contribution in [0.1, 0.15) is 6.23 Å². The van der Waals surface area contributed by atoms with E-state index in [2.05, 4.69) is 25.0 Å². The molecule has 25 heavy (non-hydrogen) atoms. The van der Waals surface area contributed by atoms with Gasteiger partial charge in [0, 0.05) is 0 Å². The molecule has 0 radical (unpaired) electrons. The van der Waals surface area contributed by atoms with Crippen LogP contribution in [-0.4, -0.2) is 80.1 Å². The van der Waals surface area contributed by atoms with E-state index in [0.29, 0.717) is 0 Å². The third-order valence-corrected chi connectivity index (χ3v) is 3.77. The van der Waals surface area contributed by atoms with Crippen LogP contribution in [0.2, 0.25) is 0 Å². The van der Waals surface area contributed by atoms with E-state index >= 15 is 0 Å². The Labute approximate surface area is 141 Å². The van der Waals surface area contributed by atoms with Crippen molar-refractivity contribution in [3.8, 4) is 5.88 Å². The van der Waals surface area contributed by atoms with Gasteiger partial charge in [0.25, 0.3) is 0 Å². The van der Waals surface area contributed by atoms with Crippen LogP contribution in [0.25, 0.3) is 11.2 Å². The fourth-order valence-corrected chi connectivity index (χ4v) is 2.53. The molecule has 2 aromatic rings. The Kier molecular flexibility index (Phi) is 4.67. The topological polar surface area (TPSA) is 161 Å². The zero-order valence-corrected chi connectivity index (χ0v) is 13.4. The Morgan fingerprint density at radius 2 is 2.12 bits per heavy atom. The largest absolute Gasteiger partial charge is 0.479 e. The van der Waals surface area contributed by atoms with Crippen LogP contribution in [0.15, 0.2) is 6.33 Å². The van der Waals surface area contributed by atoms with E-state index < -0.39 is 37.2 Å². The molecule has 1 aliphatic rings. The number of amides is 1. The summed E-state index contributed by atoms with van der Waals surface area (Å²) < 4.78 is 16.4. The zero-order valence-electron chi connectivity index (χ0n) is 13.4. The average Bonchev–Trinajstić information content (AvgIpc) is 3.15. The lowest BCUT2D eigenvalue weighted by atomic mass is 10.1. The van der Waals surface area contributed by atoms with E-state index in [1.54, 1.807) is 0 Å². The second-order valence-electron chi connectivity index (χ2n) is 5.23. The third-order valence-electron chi connectivity index (χ3n) is 3.77. The van der Waals surface area contributed by atoms with Gasteiger partial charge in [-0.3, -0.25) is 9.88 Å². The standard InChI is InChI=1S/C13H17N5O7/c1-23-10-6-9(15-12(16-10)17-13(22)24-2)18(4-14-6)11-8(21)7(20)5(3-19)25-11/h4-5,7-8,11,19-21H,3H2,1-2H3,(H,15,16,17,22)/t5-,7-,8-,11-/m1/s1. The molecule has 1 amide bonds. The smallest absolute Gasteiger partial charge is 0.413 e. The number of ether oxygens (including phenoxy) is 3. The summed E-state index contributed by atoms with van der Waals surface area (Å²) in [6, 6.07) is 0.